The van der Waals surface area contributed by atoms with Crippen LogP contribution in [0.2, 0.25) is 0 Å². The van der Waals surface area contributed by atoms with Crippen LogP contribution in [0.15, 0.2) is 30.3 Å². The molecular formula is C26H32O8. The third kappa shape index (κ3) is 4.14. The summed E-state index contributed by atoms with van der Waals surface area (Å²) in [7, 11) is 0. The molecule has 1 fully saturated rings. The minimum atomic E-state index is -0.949. The fourth-order valence-corrected chi connectivity index (χ4v) is 5.40. The zero-order valence-electron chi connectivity index (χ0n) is 19.4. The van der Waals surface area contributed by atoms with Crippen LogP contribution >= 0.6 is 0 Å². The molecule has 3 aliphatic rings. The van der Waals surface area contributed by atoms with Crippen molar-refractivity contribution in [3.05, 3.63) is 52.6 Å². The predicted molar refractivity (Wildman–Crippen MR) is 122 cm³/mol. The lowest BCUT2D eigenvalue weighted by Crippen LogP contribution is -2.50. The average molecular weight is 473 g/mol. The molecule has 0 bridgehead atoms. The van der Waals surface area contributed by atoms with Crippen molar-refractivity contribution in [2.24, 2.45) is 17.8 Å². The van der Waals surface area contributed by atoms with Crippen molar-refractivity contribution in [3.8, 4) is 17.2 Å². The third-order valence-corrected chi connectivity index (χ3v) is 7.61. The van der Waals surface area contributed by atoms with E-state index in [1.807, 2.05) is 31.2 Å². The summed E-state index contributed by atoms with van der Waals surface area (Å²) in [6, 6.07) is 9.66. The summed E-state index contributed by atoms with van der Waals surface area (Å²) in [4.78, 5) is 0. The lowest BCUT2D eigenvalue weighted by Gasteiger charge is -2.41. The van der Waals surface area contributed by atoms with Crippen LogP contribution in [0.25, 0.3) is 0 Å². The van der Waals surface area contributed by atoms with Crippen LogP contribution in [0.1, 0.15) is 35.1 Å². The first kappa shape index (κ1) is 23.4. The van der Waals surface area contributed by atoms with Gasteiger partial charge >= 0.3 is 0 Å². The zero-order chi connectivity index (χ0) is 24.0. The number of aliphatic hydroxyl groups is 3. The molecule has 0 amide bonds. The van der Waals surface area contributed by atoms with Gasteiger partial charge in [-0.1, -0.05) is 19.1 Å². The molecule has 4 N–H and O–H groups in total. The van der Waals surface area contributed by atoms with Crippen molar-refractivity contribution in [2.45, 2.75) is 44.7 Å². The number of aryl methyl sites for hydroxylation is 1. The minimum absolute atomic E-state index is 0.0493. The highest BCUT2D eigenvalue weighted by atomic mass is 16.7. The second kappa shape index (κ2) is 9.36. The largest absolute Gasteiger partial charge is 0.508 e. The molecule has 1 saturated heterocycles. The van der Waals surface area contributed by atoms with Crippen molar-refractivity contribution in [1.82, 2.24) is 0 Å². The van der Waals surface area contributed by atoms with E-state index in [2.05, 4.69) is 0 Å². The van der Waals surface area contributed by atoms with Crippen molar-refractivity contribution < 1.29 is 39.4 Å². The summed E-state index contributed by atoms with van der Waals surface area (Å²) in [5.74, 6) is 0.844. The molecule has 7 atom stereocenters. The average Bonchev–Trinajstić information content (AvgIpc) is 3.30. The van der Waals surface area contributed by atoms with E-state index in [0.29, 0.717) is 17.9 Å². The highest BCUT2D eigenvalue weighted by molar-refractivity contribution is 5.52. The molecule has 2 heterocycles. The maximum Gasteiger partial charge on any atom is 0.231 e. The Morgan fingerprint density at radius 2 is 1.88 bits per heavy atom. The van der Waals surface area contributed by atoms with E-state index in [9.17, 15) is 20.4 Å². The summed E-state index contributed by atoms with van der Waals surface area (Å²) in [5.41, 5.74) is 3.84. The number of aliphatic hydroxyl groups excluding tert-OH is 3. The van der Waals surface area contributed by atoms with Crippen molar-refractivity contribution in [3.63, 3.8) is 0 Å². The molecule has 1 aliphatic carbocycles. The van der Waals surface area contributed by atoms with Gasteiger partial charge in [0.25, 0.3) is 0 Å². The lowest BCUT2D eigenvalue weighted by molar-refractivity contribution is -0.259. The first-order valence-corrected chi connectivity index (χ1v) is 11.8. The van der Waals surface area contributed by atoms with Crippen LogP contribution in [0.5, 0.6) is 17.2 Å². The van der Waals surface area contributed by atoms with Gasteiger partial charge in [-0.2, -0.15) is 0 Å². The second-order valence-corrected chi connectivity index (χ2v) is 9.69. The molecule has 0 radical (unpaired) electrons. The molecule has 184 valence electrons. The Kier molecular flexibility index (Phi) is 6.43. The molecule has 8 heteroatoms. The van der Waals surface area contributed by atoms with Crippen LogP contribution < -0.4 is 9.47 Å². The Balaban J connectivity index is 1.50. The van der Waals surface area contributed by atoms with E-state index in [1.165, 1.54) is 0 Å². The van der Waals surface area contributed by atoms with Gasteiger partial charge in [0.05, 0.1) is 19.3 Å². The Morgan fingerprint density at radius 3 is 2.68 bits per heavy atom. The fraction of sp³-hybridized carbons (Fsp3) is 0.538. The van der Waals surface area contributed by atoms with Crippen LogP contribution in [-0.4, -0.2) is 65.5 Å². The van der Waals surface area contributed by atoms with Gasteiger partial charge in [0.2, 0.25) is 6.79 Å². The predicted octanol–water partition coefficient (Wildman–Crippen LogP) is 2.07. The molecule has 0 spiro atoms. The number of phenols is 1. The van der Waals surface area contributed by atoms with E-state index in [0.717, 1.165) is 22.3 Å². The molecule has 5 rings (SSSR count). The fourth-order valence-electron chi connectivity index (χ4n) is 5.40. The number of aromatic hydroxyl groups is 1. The summed E-state index contributed by atoms with van der Waals surface area (Å²) >= 11 is 0. The van der Waals surface area contributed by atoms with Crippen molar-refractivity contribution in [2.75, 3.05) is 26.6 Å². The number of hydrogen-bond donors (Lipinski definition) is 4. The first-order valence-electron chi connectivity index (χ1n) is 11.8. The number of phenolic OH excluding ortho intramolecular Hbond substituents is 1. The van der Waals surface area contributed by atoms with Gasteiger partial charge < -0.3 is 39.4 Å². The standard InChI is InChI=1S/C26H32O8/c1-13-5-18-16(7-20(13)28)6-17(9-27)19(10-31-26-25(30)14(2)21(29)11-32-26)24(18)15-3-4-22-23(8-15)34-12-33-22/h3-5,7-8,14,17,19,21,24-30H,6,9-12H2,1-2H3/t14-,17+,19+,21+,24?,25+,26+/m0/s1. The Hall–Kier alpha value is -2.36. The molecule has 2 aromatic rings. The van der Waals surface area contributed by atoms with Gasteiger partial charge in [-0.3, -0.25) is 0 Å². The Morgan fingerprint density at radius 1 is 1.09 bits per heavy atom. The van der Waals surface area contributed by atoms with E-state index in [-0.39, 0.29) is 56.0 Å². The molecule has 0 aromatic heterocycles. The summed E-state index contributed by atoms with van der Waals surface area (Å²) in [6.45, 7) is 4.12. The summed E-state index contributed by atoms with van der Waals surface area (Å²) in [6.07, 6.45) is -1.94. The van der Waals surface area contributed by atoms with Crippen LogP contribution in [0.3, 0.4) is 0 Å². The molecule has 2 aromatic carbocycles. The zero-order valence-corrected chi connectivity index (χ0v) is 19.4. The van der Waals surface area contributed by atoms with Crippen molar-refractivity contribution >= 4 is 0 Å². The monoisotopic (exact) mass is 472 g/mol. The molecular weight excluding hydrogens is 440 g/mol. The van der Waals surface area contributed by atoms with Gasteiger partial charge in [-0.25, -0.2) is 0 Å². The molecule has 34 heavy (non-hydrogen) atoms. The number of benzene rings is 2. The highest BCUT2D eigenvalue weighted by Gasteiger charge is 2.41. The summed E-state index contributed by atoms with van der Waals surface area (Å²) in [5, 5.41) is 41.2. The number of hydrogen-bond acceptors (Lipinski definition) is 8. The Bertz CT molecular complexity index is 1040. The number of rotatable bonds is 5. The van der Waals surface area contributed by atoms with Gasteiger partial charge in [-0.05, 0) is 65.6 Å². The maximum atomic E-state index is 10.6. The van der Waals surface area contributed by atoms with Crippen LogP contribution in [-0.2, 0) is 15.9 Å². The van der Waals surface area contributed by atoms with Gasteiger partial charge in [0, 0.05) is 18.4 Å². The van der Waals surface area contributed by atoms with Crippen LogP contribution in [0.4, 0.5) is 0 Å². The van der Waals surface area contributed by atoms with E-state index in [1.54, 1.807) is 13.0 Å². The van der Waals surface area contributed by atoms with E-state index < -0.39 is 18.5 Å². The first-order chi connectivity index (χ1) is 16.4. The SMILES string of the molecule is Cc1cc2c(cc1O)C[C@H](CO)[C@@H](CO[C@@H]1OC[C@@H](O)[C@H](C)[C@H]1O)C2c1ccc2c(c1)OCO2. The van der Waals surface area contributed by atoms with E-state index in [4.69, 9.17) is 18.9 Å². The normalized spacial score (nSPS) is 32.4. The smallest absolute Gasteiger partial charge is 0.231 e. The summed E-state index contributed by atoms with van der Waals surface area (Å²) < 4.78 is 22.8. The quantitative estimate of drug-likeness (QED) is 0.523. The number of fused-ring (bicyclic) bond motifs is 2. The second-order valence-electron chi connectivity index (χ2n) is 9.69. The third-order valence-electron chi connectivity index (χ3n) is 7.61. The molecule has 2 aliphatic heterocycles. The van der Waals surface area contributed by atoms with Gasteiger partial charge in [-0.15, -0.1) is 0 Å². The van der Waals surface area contributed by atoms with Gasteiger partial charge in [0.1, 0.15) is 11.9 Å². The lowest BCUT2D eigenvalue weighted by atomic mass is 9.66. The maximum absolute atomic E-state index is 10.6. The molecule has 1 unspecified atom stereocenters. The topological polar surface area (TPSA) is 118 Å². The highest BCUT2D eigenvalue weighted by Crippen LogP contribution is 2.47. The number of ether oxygens (including phenoxy) is 4. The van der Waals surface area contributed by atoms with Crippen LogP contribution in [0, 0.1) is 24.7 Å². The molecule has 0 saturated carbocycles. The Labute approximate surface area is 198 Å². The minimum Gasteiger partial charge on any atom is -0.508 e. The van der Waals surface area contributed by atoms with Crippen molar-refractivity contribution in [1.29, 1.82) is 0 Å². The molecule has 8 nitrogen and oxygen atoms in total. The van der Waals surface area contributed by atoms with E-state index >= 15 is 0 Å². The van der Waals surface area contributed by atoms with Gasteiger partial charge in [0.15, 0.2) is 17.8 Å².